The van der Waals surface area contributed by atoms with Crippen LogP contribution in [0.5, 0.6) is 0 Å². The summed E-state index contributed by atoms with van der Waals surface area (Å²) in [4.78, 5) is 17.8. The zero-order valence-corrected chi connectivity index (χ0v) is 13.7. The third-order valence-corrected chi connectivity index (χ3v) is 6.16. The lowest BCUT2D eigenvalue weighted by atomic mass is 9.75. The Labute approximate surface area is 129 Å². The molecule has 0 radical (unpaired) electrons. The van der Waals surface area contributed by atoms with E-state index in [1.807, 2.05) is 0 Å². The molecule has 4 heteroatoms. The highest BCUT2D eigenvalue weighted by Gasteiger charge is 2.46. The molecule has 2 saturated heterocycles. The third-order valence-electron chi connectivity index (χ3n) is 6.16. The van der Waals surface area contributed by atoms with Crippen molar-refractivity contribution in [2.75, 3.05) is 39.3 Å². The minimum absolute atomic E-state index is 0.143. The second kappa shape index (κ2) is 6.25. The Morgan fingerprint density at radius 3 is 2.33 bits per heavy atom. The first-order chi connectivity index (χ1) is 10.1. The highest BCUT2D eigenvalue weighted by molar-refractivity contribution is 5.84. The average Bonchev–Trinajstić information content (AvgIpc) is 3.18. The van der Waals surface area contributed by atoms with E-state index in [4.69, 9.17) is 0 Å². The van der Waals surface area contributed by atoms with Gasteiger partial charge in [-0.2, -0.15) is 0 Å². The van der Waals surface area contributed by atoms with Crippen LogP contribution < -0.4 is 5.32 Å². The molecule has 3 aliphatic rings. The molecule has 2 aliphatic heterocycles. The summed E-state index contributed by atoms with van der Waals surface area (Å²) in [6, 6.07) is 0.800. The van der Waals surface area contributed by atoms with Crippen molar-refractivity contribution in [3.05, 3.63) is 0 Å². The van der Waals surface area contributed by atoms with Crippen LogP contribution in [0, 0.1) is 11.3 Å². The van der Waals surface area contributed by atoms with Gasteiger partial charge < -0.3 is 10.2 Å². The number of nitrogens with one attached hydrogen (secondary N) is 1. The van der Waals surface area contributed by atoms with Gasteiger partial charge in [0.15, 0.2) is 0 Å². The van der Waals surface area contributed by atoms with Crippen LogP contribution in [0.2, 0.25) is 0 Å². The highest BCUT2D eigenvalue weighted by atomic mass is 16.2. The molecule has 3 rings (SSSR count). The molecule has 1 unspecified atom stereocenters. The van der Waals surface area contributed by atoms with Gasteiger partial charge in [-0.25, -0.2) is 0 Å². The van der Waals surface area contributed by atoms with Gasteiger partial charge >= 0.3 is 0 Å². The summed E-state index contributed by atoms with van der Waals surface area (Å²) < 4.78 is 0. The number of carbonyl (C=O) groups excluding carboxylic acids is 1. The Bertz CT molecular complexity index is 362. The van der Waals surface area contributed by atoms with Crippen molar-refractivity contribution in [2.24, 2.45) is 11.3 Å². The fourth-order valence-electron chi connectivity index (χ4n) is 4.51. The van der Waals surface area contributed by atoms with E-state index in [1.165, 1.54) is 25.7 Å². The van der Waals surface area contributed by atoms with E-state index in [-0.39, 0.29) is 5.41 Å². The predicted octanol–water partition coefficient (Wildman–Crippen LogP) is 1.71. The molecule has 0 aromatic carbocycles. The second-order valence-electron chi connectivity index (χ2n) is 7.50. The number of nitrogens with zero attached hydrogens (tertiary/aromatic N) is 2. The van der Waals surface area contributed by atoms with Crippen LogP contribution in [-0.4, -0.2) is 61.0 Å². The Hall–Kier alpha value is -0.610. The standard InChI is InChI=1S/C17H31N3O/c1-14(2)17(7-8-18-13-17)16(21)20-11-9-19(10-12-20)15-5-3-4-6-15/h14-15,18H,3-13H2,1-2H3. The molecule has 1 saturated carbocycles. The molecule has 120 valence electrons. The summed E-state index contributed by atoms with van der Waals surface area (Å²) >= 11 is 0. The van der Waals surface area contributed by atoms with Gasteiger partial charge in [0.1, 0.15) is 0 Å². The smallest absolute Gasteiger partial charge is 0.230 e. The zero-order valence-electron chi connectivity index (χ0n) is 13.7. The van der Waals surface area contributed by atoms with Crippen LogP contribution in [0.4, 0.5) is 0 Å². The summed E-state index contributed by atoms with van der Waals surface area (Å²) in [7, 11) is 0. The topological polar surface area (TPSA) is 35.6 Å². The van der Waals surface area contributed by atoms with Crippen LogP contribution in [0.15, 0.2) is 0 Å². The summed E-state index contributed by atoms with van der Waals surface area (Å²) in [5.74, 6) is 0.835. The molecule has 1 aliphatic carbocycles. The Balaban J connectivity index is 1.59. The lowest BCUT2D eigenvalue weighted by Crippen LogP contribution is -2.56. The van der Waals surface area contributed by atoms with Crippen molar-refractivity contribution >= 4 is 5.91 Å². The fraction of sp³-hybridized carbons (Fsp3) is 0.941. The quantitative estimate of drug-likeness (QED) is 0.860. The molecule has 0 spiro atoms. The summed E-state index contributed by atoms with van der Waals surface area (Å²) in [6.07, 6.45) is 6.53. The molecular weight excluding hydrogens is 262 g/mol. The second-order valence-corrected chi connectivity index (χ2v) is 7.50. The van der Waals surface area contributed by atoms with Gasteiger partial charge in [-0.3, -0.25) is 9.69 Å². The highest BCUT2D eigenvalue weighted by Crippen LogP contribution is 2.36. The van der Waals surface area contributed by atoms with Gasteiger partial charge in [0.05, 0.1) is 5.41 Å². The minimum Gasteiger partial charge on any atom is -0.340 e. The number of carbonyl (C=O) groups is 1. The summed E-state index contributed by atoms with van der Waals surface area (Å²) in [5, 5.41) is 3.41. The van der Waals surface area contributed by atoms with Crippen LogP contribution in [0.25, 0.3) is 0 Å². The number of rotatable bonds is 3. The molecule has 1 N–H and O–H groups in total. The maximum absolute atomic E-state index is 13.1. The molecule has 3 fully saturated rings. The van der Waals surface area contributed by atoms with E-state index in [2.05, 4.69) is 29.0 Å². The van der Waals surface area contributed by atoms with Crippen molar-refractivity contribution in [1.29, 1.82) is 0 Å². The SMILES string of the molecule is CC(C)C1(C(=O)N2CCN(C3CCCC3)CC2)CCNC1. The monoisotopic (exact) mass is 293 g/mol. The maximum atomic E-state index is 13.1. The van der Waals surface area contributed by atoms with Crippen molar-refractivity contribution in [3.8, 4) is 0 Å². The molecule has 1 atom stereocenters. The first-order valence-electron chi connectivity index (χ1n) is 8.87. The number of hydrogen-bond acceptors (Lipinski definition) is 3. The van der Waals surface area contributed by atoms with Gasteiger partial charge in [0, 0.05) is 38.8 Å². The van der Waals surface area contributed by atoms with E-state index in [9.17, 15) is 4.79 Å². The molecule has 4 nitrogen and oxygen atoms in total. The van der Waals surface area contributed by atoms with Gasteiger partial charge in [-0.05, 0) is 31.7 Å². The average molecular weight is 293 g/mol. The van der Waals surface area contributed by atoms with E-state index >= 15 is 0 Å². The molecule has 0 aromatic heterocycles. The molecule has 2 heterocycles. The lowest BCUT2D eigenvalue weighted by Gasteiger charge is -2.42. The van der Waals surface area contributed by atoms with E-state index in [0.29, 0.717) is 11.8 Å². The fourth-order valence-corrected chi connectivity index (χ4v) is 4.51. The number of amides is 1. The summed E-state index contributed by atoms with van der Waals surface area (Å²) in [6.45, 7) is 10.3. The molecule has 21 heavy (non-hydrogen) atoms. The van der Waals surface area contributed by atoms with Crippen molar-refractivity contribution in [2.45, 2.75) is 52.0 Å². The van der Waals surface area contributed by atoms with Crippen LogP contribution in [-0.2, 0) is 4.79 Å². The first-order valence-corrected chi connectivity index (χ1v) is 8.87. The van der Waals surface area contributed by atoms with E-state index < -0.39 is 0 Å². The first kappa shape index (κ1) is 15.3. The summed E-state index contributed by atoms with van der Waals surface area (Å²) in [5.41, 5.74) is -0.143. The van der Waals surface area contributed by atoms with Gasteiger partial charge in [0.25, 0.3) is 0 Å². The largest absolute Gasteiger partial charge is 0.340 e. The minimum atomic E-state index is -0.143. The van der Waals surface area contributed by atoms with Crippen molar-refractivity contribution in [3.63, 3.8) is 0 Å². The van der Waals surface area contributed by atoms with E-state index in [0.717, 1.165) is 51.7 Å². The predicted molar refractivity (Wildman–Crippen MR) is 85.2 cm³/mol. The van der Waals surface area contributed by atoms with Crippen molar-refractivity contribution in [1.82, 2.24) is 15.1 Å². The molecule has 0 bridgehead atoms. The van der Waals surface area contributed by atoms with Crippen LogP contribution >= 0.6 is 0 Å². The maximum Gasteiger partial charge on any atom is 0.230 e. The zero-order chi connectivity index (χ0) is 14.9. The van der Waals surface area contributed by atoms with Crippen molar-refractivity contribution < 1.29 is 4.79 Å². The Kier molecular flexibility index (Phi) is 4.55. The van der Waals surface area contributed by atoms with Crippen LogP contribution in [0.3, 0.4) is 0 Å². The third kappa shape index (κ3) is 2.85. The molecular formula is C17H31N3O. The molecule has 0 aromatic rings. The number of piperazine rings is 1. The van der Waals surface area contributed by atoms with Gasteiger partial charge in [-0.15, -0.1) is 0 Å². The number of hydrogen-bond donors (Lipinski definition) is 1. The van der Waals surface area contributed by atoms with Gasteiger partial charge in [-0.1, -0.05) is 26.7 Å². The Morgan fingerprint density at radius 1 is 1.14 bits per heavy atom. The normalized spacial score (nSPS) is 32.2. The van der Waals surface area contributed by atoms with E-state index in [1.54, 1.807) is 0 Å². The Morgan fingerprint density at radius 2 is 1.81 bits per heavy atom. The lowest BCUT2D eigenvalue weighted by molar-refractivity contribution is -0.145. The van der Waals surface area contributed by atoms with Crippen LogP contribution in [0.1, 0.15) is 46.0 Å². The van der Waals surface area contributed by atoms with Gasteiger partial charge in [0.2, 0.25) is 5.91 Å². The molecule has 1 amide bonds.